The van der Waals surface area contributed by atoms with Crippen LogP contribution < -0.4 is 4.74 Å². The molecule has 6 heteroatoms. The van der Waals surface area contributed by atoms with Gasteiger partial charge in [-0.05, 0) is 46.8 Å². The number of rotatable bonds is 2. The minimum absolute atomic E-state index is 0.0290. The summed E-state index contributed by atoms with van der Waals surface area (Å²) in [5.41, 5.74) is 0. The van der Waals surface area contributed by atoms with Gasteiger partial charge in [0, 0.05) is 5.39 Å². The van der Waals surface area contributed by atoms with Gasteiger partial charge in [-0.15, -0.1) is 0 Å². The van der Waals surface area contributed by atoms with E-state index in [-0.39, 0.29) is 16.6 Å². The van der Waals surface area contributed by atoms with Gasteiger partial charge in [-0.3, -0.25) is 0 Å². The van der Waals surface area contributed by atoms with Gasteiger partial charge in [-0.2, -0.15) is 13.2 Å². The highest BCUT2D eigenvalue weighted by Gasteiger charge is 2.41. The van der Waals surface area contributed by atoms with Gasteiger partial charge >= 0.3 is 12.1 Å². The largest absolute Gasteiger partial charge is 0.491 e. The number of carbonyl (C=O) groups excluding carboxylic acids is 1. The van der Waals surface area contributed by atoms with Gasteiger partial charge < -0.3 is 4.74 Å². The van der Waals surface area contributed by atoms with E-state index in [1.807, 2.05) is 18.2 Å². The molecule has 2 aromatic carbocycles. The number of alkyl halides is 3. The summed E-state index contributed by atoms with van der Waals surface area (Å²) in [6.45, 7) is 0. The molecule has 0 atom stereocenters. The van der Waals surface area contributed by atoms with Crippen molar-refractivity contribution in [3.63, 3.8) is 0 Å². The third-order valence-electron chi connectivity index (χ3n) is 3.99. The van der Waals surface area contributed by atoms with Crippen molar-refractivity contribution in [2.24, 2.45) is 0 Å². The van der Waals surface area contributed by atoms with Crippen molar-refractivity contribution in [2.75, 3.05) is 11.5 Å². The lowest BCUT2D eigenvalue weighted by molar-refractivity contribution is -0.189. The Labute approximate surface area is 135 Å². The van der Waals surface area contributed by atoms with Crippen LogP contribution in [0.25, 0.3) is 10.8 Å². The standard InChI is InChI=1S/C17H17F3O2S/c18-17(19,20)16(21)22-14-8-9-15(23-10-4-1-5-11-23)13-7-3-2-6-12(13)14/h2-3,6-9,23H,1,4-5,10-11H2. The van der Waals surface area contributed by atoms with Crippen LogP contribution >= 0.6 is 10.9 Å². The van der Waals surface area contributed by atoms with E-state index in [2.05, 4.69) is 4.74 Å². The Hall–Kier alpha value is -1.69. The monoisotopic (exact) mass is 342 g/mol. The van der Waals surface area contributed by atoms with Crippen molar-refractivity contribution in [2.45, 2.75) is 30.3 Å². The van der Waals surface area contributed by atoms with Crippen molar-refractivity contribution >= 4 is 27.6 Å². The third-order valence-corrected chi connectivity index (χ3v) is 6.78. The second kappa shape index (κ2) is 6.43. The summed E-state index contributed by atoms with van der Waals surface area (Å²) in [6, 6.07) is 10.5. The van der Waals surface area contributed by atoms with Crippen LogP contribution in [-0.2, 0) is 4.79 Å². The lowest BCUT2D eigenvalue weighted by atomic mass is 10.1. The summed E-state index contributed by atoms with van der Waals surface area (Å²) >= 11 is 0. The molecule has 0 spiro atoms. The molecule has 1 aliphatic rings. The van der Waals surface area contributed by atoms with E-state index >= 15 is 0 Å². The Kier molecular flexibility index (Phi) is 4.53. The molecule has 0 radical (unpaired) electrons. The highest BCUT2D eigenvalue weighted by Crippen LogP contribution is 2.46. The lowest BCUT2D eigenvalue weighted by Gasteiger charge is -2.28. The Balaban J connectivity index is 2.00. The first-order valence-electron chi connectivity index (χ1n) is 7.52. The van der Waals surface area contributed by atoms with Crippen LogP contribution in [0.2, 0.25) is 0 Å². The van der Waals surface area contributed by atoms with Crippen LogP contribution in [-0.4, -0.2) is 23.7 Å². The van der Waals surface area contributed by atoms with Gasteiger partial charge in [0.2, 0.25) is 0 Å². The lowest BCUT2D eigenvalue weighted by Crippen LogP contribution is -2.28. The molecule has 0 bridgehead atoms. The minimum Gasteiger partial charge on any atom is -0.419 e. The Morgan fingerprint density at radius 2 is 1.61 bits per heavy atom. The molecule has 1 aliphatic heterocycles. The van der Waals surface area contributed by atoms with E-state index < -0.39 is 12.1 Å². The van der Waals surface area contributed by atoms with Crippen LogP contribution in [0.4, 0.5) is 13.2 Å². The van der Waals surface area contributed by atoms with Crippen LogP contribution in [0.1, 0.15) is 19.3 Å². The van der Waals surface area contributed by atoms with Gasteiger partial charge in [-0.1, -0.05) is 30.7 Å². The average molecular weight is 342 g/mol. The van der Waals surface area contributed by atoms with E-state index in [1.54, 1.807) is 12.1 Å². The fourth-order valence-corrected chi connectivity index (χ4v) is 5.65. The van der Waals surface area contributed by atoms with Gasteiger partial charge in [0.15, 0.2) is 0 Å². The zero-order valence-electron chi connectivity index (χ0n) is 12.4. The predicted octanol–water partition coefficient (Wildman–Crippen LogP) is 4.85. The molecule has 1 heterocycles. The summed E-state index contributed by atoms with van der Waals surface area (Å²) in [5, 5.41) is 1.46. The molecule has 0 saturated carbocycles. The van der Waals surface area contributed by atoms with E-state index in [4.69, 9.17) is 0 Å². The molecule has 1 fully saturated rings. The molecular formula is C17H17F3O2S. The molecule has 0 aliphatic carbocycles. The number of carbonyl (C=O) groups is 1. The van der Waals surface area contributed by atoms with Crippen molar-refractivity contribution in [3.8, 4) is 5.75 Å². The Morgan fingerprint density at radius 1 is 0.957 bits per heavy atom. The summed E-state index contributed by atoms with van der Waals surface area (Å²) in [4.78, 5) is 12.3. The molecule has 2 aromatic rings. The molecule has 0 unspecified atom stereocenters. The number of fused-ring (bicyclic) bond motifs is 1. The first-order valence-corrected chi connectivity index (χ1v) is 9.24. The van der Waals surface area contributed by atoms with Crippen molar-refractivity contribution in [1.29, 1.82) is 0 Å². The van der Waals surface area contributed by atoms with Gasteiger partial charge in [-0.25, -0.2) is 15.7 Å². The van der Waals surface area contributed by atoms with E-state index in [0.717, 1.165) is 16.9 Å². The van der Waals surface area contributed by atoms with Crippen molar-refractivity contribution < 1.29 is 22.7 Å². The predicted molar refractivity (Wildman–Crippen MR) is 86.5 cm³/mol. The first-order chi connectivity index (χ1) is 11.0. The SMILES string of the molecule is O=C(Oc1ccc([SH]2CCCCC2)c2ccccc12)C(F)(F)F. The Morgan fingerprint density at radius 3 is 2.26 bits per heavy atom. The fraction of sp³-hybridized carbons (Fsp3) is 0.353. The number of ether oxygens (including phenoxy) is 1. The number of hydrogen-bond acceptors (Lipinski definition) is 2. The van der Waals surface area contributed by atoms with Gasteiger partial charge in [0.1, 0.15) is 5.75 Å². The maximum absolute atomic E-state index is 12.4. The normalized spacial score (nSPS) is 17.3. The van der Waals surface area contributed by atoms with Gasteiger partial charge in [0.05, 0.1) is 0 Å². The molecule has 2 nitrogen and oxygen atoms in total. The summed E-state index contributed by atoms with van der Waals surface area (Å²) in [5.74, 6) is 0.0969. The van der Waals surface area contributed by atoms with Crippen molar-refractivity contribution in [1.82, 2.24) is 0 Å². The molecule has 0 N–H and O–H groups in total. The Bertz CT molecular complexity index is 721. The molecule has 23 heavy (non-hydrogen) atoms. The van der Waals surface area contributed by atoms with Crippen LogP contribution in [0.5, 0.6) is 5.75 Å². The van der Waals surface area contributed by atoms with E-state index in [0.29, 0.717) is 5.39 Å². The summed E-state index contributed by atoms with van der Waals surface area (Å²) in [6.07, 6.45) is -1.35. The molecule has 0 amide bonds. The average Bonchev–Trinajstić information content (AvgIpc) is 2.55. The third kappa shape index (κ3) is 3.47. The minimum atomic E-state index is -4.99. The summed E-state index contributed by atoms with van der Waals surface area (Å²) in [7, 11) is -0.285. The summed E-state index contributed by atoms with van der Waals surface area (Å²) < 4.78 is 41.9. The van der Waals surface area contributed by atoms with Crippen molar-refractivity contribution in [3.05, 3.63) is 36.4 Å². The molecular weight excluding hydrogens is 325 g/mol. The number of esters is 1. The molecule has 124 valence electrons. The zero-order valence-corrected chi connectivity index (χ0v) is 13.3. The highest BCUT2D eigenvalue weighted by molar-refractivity contribution is 8.17. The highest BCUT2D eigenvalue weighted by atomic mass is 32.2. The quantitative estimate of drug-likeness (QED) is 0.480. The second-order valence-electron chi connectivity index (χ2n) is 5.56. The maximum Gasteiger partial charge on any atom is 0.491 e. The molecule has 1 saturated heterocycles. The smallest absolute Gasteiger partial charge is 0.419 e. The van der Waals surface area contributed by atoms with Crippen LogP contribution in [0, 0.1) is 0 Å². The number of thiol groups is 1. The molecule has 3 rings (SSSR count). The van der Waals surface area contributed by atoms with Crippen LogP contribution in [0.15, 0.2) is 41.3 Å². The number of benzene rings is 2. The van der Waals surface area contributed by atoms with Crippen LogP contribution in [0.3, 0.4) is 0 Å². The molecule has 0 aromatic heterocycles. The number of halogens is 3. The van der Waals surface area contributed by atoms with E-state index in [1.165, 1.54) is 30.2 Å². The fourth-order valence-electron chi connectivity index (χ4n) is 2.91. The van der Waals surface area contributed by atoms with E-state index in [9.17, 15) is 18.0 Å². The van der Waals surface area contributed by atoms with Gasteiger partial charge in [0.25, 0.3) is 0 Å². The second-order valence-corrected chi connectivity index (χ2v) is 8.02. The maximum atomic E-state index is 12.4. The number of hydrogen-bond donors (Lipinski definition) is 1. The first kappa shape index (κ1) is 16.2. The topological polar surface area (TPSA) is 26.3 Å². The zero-order chi connectivity index (χ0) is 16.4.